The van der Waals surface area contributed by atoms with Gasteiger partial charge in [-0.25, -0.2) is 4.39 Å². The van der Waals surface area contributed by atoms with Crippen molar-refractivity contribution in [2.24, 2.45) is 0 Å². The van der Waals surface area contributed by atoms with Gasteiger partial charge in [0.25, 0.3) is 0 Å². The van der Waals surface area contributed by atoms with Gasteiger partial charge in [0, 0.05) is 51.5 Å². The van der Waals surface area contributed by atoms with Crippen molar-refractivity contribution in [3.8, 4) is 17.5 Å². The molecule has 0 N–H and O–H groups in total. The second kappa shape index (κ2) is 11.5. The Labute approximate surface area is 284 Å². The first-order chi connectivity index (χ1) is 23.3. The third kappa shape index (κ3) is 4.85. The van der Waals surface area contributed by atoms with Gasteiger partial charge in [-0.05, 0) is 63.2 Å². The van der Waals surface area contributed by atoms with Gasteiger partial charge in [0.05, 0.1) is 34.0 Å². The van der Waals surface area contributed by atoms with E-state index in [0.29, 0.717) is 61.1 Å². The first-order valence-corrected chi connectivity index (χ1v) is 17.7. The summed E-state index contributed by atoms with van der Waals surface area (Å²) in [5.41, 5.74) is 5.99. The van der Waals surface area contributed by atoms with Crippen LogP contribution in [0, 0.1) is 6.92 Å². The molecule has 5 aliphatic rings. The minimum atomic E-state index is -0.816. The van der Waals surface area contributed by atoms with Crippen LogP contribution in [0.1, 0.15) is 72.5 Å². The molecular formula is C35H41ClFN9O2. The van der Waals surface area contributed by atoms with Gasteiger partial charge in [-0.3, -0.25) is 14.5 Å². The smallest absolute Gasteiger partial charge is 0.318 e. The summed E-state index contributed by atoms with van der Waals surface area (Å²) in [6.07, 6.45) is 6.63. The number of aromatic nitrogens is 6. The Morgan fingerprint density at radius 3 is 2.83 bits per heavy atom. The van der Waals surface area contributed by atoms with Crippen molar-refractivity contribution in [3.05, 3.63) is 63.3 Å². The van der Waals surface area contributed by atoms with E-state index in [2.05, 4.69) is 56.2 Å². The Morgan fingerprint density at radius 2 is 1.96 bits per heavy atom. The molecule has 1 unspecified atom stereocenters. The van der Waals surface area contributed by atoms with Crippen molar-refractivity contribution < 1.29 is 13.7 Å². The van der Waals surface area contributed by atoms with Crippen LogP contribution in [0.25, 0.3) is 11.5 Å². The van der Waals surface area contributed by atoms with Gasteiger partial charge in [0.15, 0.2) is 5.69 Å². The van der Waals surface area contributed by atoms with Gasteiger partial charge in [0.1, 0.15) is 18.6 Å². The van der Waals surface area contributed by atoms with E-state index >= 15 is 0 Å². The zero-order valence-corrected chi connectivity index (χ0v) is 28.3. The van der Waals surface area contributed by atoms with Crippen LogP contribution in [-0.2, 0) is 38.0 Å². The summed E-state index contributed by atoms with van der Waals surface area (Å²) in [7, 11) is 2.24. The summed E-state index contributed by atoms with van der Waals surface area (Å²) in [5.74, 6) is 1.73. The van der Waals surface area contributed by atoms with Crippen LogP contribution < -0.4 is 9.64 Å². The summed E-state index contributed by atoms with van der Waals surface area (Å²) in [5, 5.41) is 9.40. The first-order valence-electron chi connectivity index (χ1n) is 17.3. The lowest BCUT2D eigenvalue weighted by Crippen LogP contribution is -2.51. The standard InChI is InChI=1S/C35H41ClFN9O2/c1-22-38-31(42-48-22)30-29(36)28-20-44(13-7-15-46(28)41-30)32-25-19-43(2)35(12-5-9-23-8-3-4-10-26(23)35)17-27(25)39-33(40-32)47-21-34-11-6-14-45(34)18-24(37)16-34/h3-4,8,10,24H,5-7,9,11-21H2,1-2H3/t24?,34-,35-/m0/s1. The van der Waals surface area contributed by atoms with E-state index in [9.17, 15) is 4.39 Å². The number of anilines is 1. The number of benzene rings is 1. The summed E-state index contributed by atoms with van der Waals surface area (Å²) < 4.78 is 28.4. The zero-order chi connectivity index (χ0) is 32.6. The normalized spacial score (nSPS) is 27.1. The van der Waals surface area contributed by atoms with Crippen LogP contribution in [0.5, 0.6) is 6.01 Å². The highest BCUT2D eigenvalue weighted by Crippen LogP contribution is 2.48. The number of likely N-dealkylation sites (N-methyl/N-ethyl adjacent to an activating group) is 1. The molecule has 9 rings (SSSR count). The van der Waals surface area contributed by atoms with Gasteiger partial charge >= 0.3 is 6.01 Å². The second-order valence-electron chi connectivity index (χ2n) is 14.4. The minimum Gasteiger partial charge on any atom is -0.461 e. The predicted molar refractivity (Wildman–Crippen MR) is 178 cm³/mol. The molecule has 252 valence electrons. The fourth-order valence-electron chi connectivity index (χ4n) is 9.26. The van der Waals surface area contributed by atoms with Gasteiger partial charge in [-0.2, -0.15) is 20.1 Å². The molecule has 4 aliphatic heterocycles. The van der Waals surface area contributed by atoms with Crippen molar-refractivity contribution in [1.29, 1.82) is 0 Å². The van der Waals surface area contributed by atoms with E-state index in [1.165, 1.54) is 11.1 Å². The van der Waals surface area contributed by atoms with E-state index in [1.54, 1.807) is 6.92 Å². The molecule has 0 saturated carbocycles. The number of fused-ring (bicyclic) bond motifs is 5. The summed E-state index contributed by atoms with van der Waals surface area (Å²) in [6.45, 7) is 6.28. The molecule has 11 nitrogen and oxygen atoms in total. The fraction of sp³-hybridized carbons (Fsp3) is 0.571. The van der Waals surface area contributed by atoms with Gasteiger partial charge in [-0.1, -0.05) is 41.0 Å². The number of ether oxygens (including phenoxy) is 1. The molecule has 4 aromatic rings. The van der Waals surface area contributed by atoms with E-state index < -0.39 is 6.17 Å². The highest BCUT2D eigenvalue weighted by Gasteiger charge is 2.50. The van der Waals surface area contributed by atoms with Crippen LogP contribution >= 0.6 is 11.6 Å². The van der Waals surface area contributed by atoms with Crippen LogP contribution in [0.15, 0.2) is 28.8 Å². The quantitative estimate of drug-likeness (QED) is 0.279. The first kappa shape index (κ1) is 30.4. The molecular weight excluding hydrogens is 633 g/mol. The lowest BCUT2D eigenvalue weighted by Gasteiger charge is -2.49. The monoisotopic (exact) mass is 673 g/mol. The maximum atomic E-state index is 14.6. The summed E-state index contributed by atoms with van der Waals surface area (Å²) in [6, 6.07) is 9.27. The molecule has 2 saturated heterocycles. The SMILES string of the molecule is Cc1nc(-c2nn3c(c2Cl)CN(c2nc(OC[C@@]45CCCN4CC(F)C5)nc4c2CN(C)[C@@]2(CCCc5ccccc52)C4)CCC3)no1. The molecule has 7 heterocycles. The number of nitrogens with zero attached hydrogens (tertiary/aromatic N) is 9. The molecule has 0 radical (unpaired) electrons. The van der Waals surface area contributed by atoms with Crippen molar-refractivity contribution in [2.75, 3.05) is 38.2 Å². The lowest BCUT2D eigenvalue weighted by atomic mass is 9.71. The predicted octanol–water partition coefficient (Wildman–Crippen LogP) is 5.27. The number of hydrogen-bond donors (Lipinski definition) is 0. The summed E-state index contributed by atoms with van der Waals surface area (Å²) in [4.78, 5) is 21.8. The van der Waals surface area contributed by atoms with Crippen molar-refractivity contribution in [3.63, 3.8) is 0 Å². The van der Waals surface area contributed by atoms with E-state index in [4.69, 9.17) is 35.9 Å². The van der Waals surface area contributed by atoms with Crippen LogP contribution in [-0.4, -0.2) is 84.7 Å². The van der Waals surface area contributed by atoms with Gasteiger partial charge < -0.3 is 14.2 Å². The third-order valence-corrected chi connectivity index (χ3v) is 12.0. The number of hydrogen-bond acceptors (Lipinski definition) is 10. The molecule has 2 fully saturated rings. The molecule has 13 heteroatoms. The fourth-order valence-corrected chi connectivity index (χ4v) is 9.54. The number of aryl methyl sites for hydroxylation is 3. The van der Waals surface area contributed by atoms with Crippen molar-refractivity contribution in [1.82, 2.24) is 39.7 Å². The largest absolute Gasteiger partial charge is 0.461 e. The number of halogens is 2. The van der Waals surface area contributed by atoms with Gasteiger partial charge in [-0.15, -0.1) is 0 Å². The van der Waals surface area contributed by atoms with E-state index in [1.807, 2.05) is 4.68 Å². The molecule has 0 amide bonds. The zero-order valence-electron chi connectivity index (χ0n) is 27.6. The Hall–Kier alpha value is -3.61. The average molecular weight is 674 g/mol. The maximum absolute atomic E-state index is 14.6. The Balaban J connectivity index is 1.11. The van der Waals surface area contributed by atoms with Gasteiger partial charge in [0.2, 0.25) is 11.7 Å². The number of alkyl halides is 1. The Kier molecular flexibility index (Phi) is 7.29. The third-order valence-electron chi connectivity index (χ3n) is 11.6. The van der Waals surface area contributed by atoms with Crippen LogP contribution in [0.2, 0.25) is 5.02 Å². The highest BCUT2D eigenvalue weighted by molar-refractivity contribution is 6.33. The van der Waals surface area contributed by atoms with Crippen molar-refractivity contribution >= 4 is 17.4 Å². The molecule has 1 aliphatic carbocycles. The van der Waals surface area contributed by atoms with E-state index in [-0.39, 0.29) is 11.1 Å². The molecule has 3 atom stereocenters. The maximum Gasteiger partial charge on any atom is 0.318 e. The molecule has 48 heavy (non-hydrogen) atoms. The lowest BCUT2D eigenvalue weighted by molar-refractivity contribution is 0.0714. The molecule has 3 aromatic heterocycles. The summed E-state index contributed by atoms with van der Waals surface area (Å²) >= 11 is 7.01. The average Bonchev–Trinajstić information content (AvgIpc) is 3.79. The minimum absolute atomic E-state index is 0.142. The number of rotatable bonds is 5. The van der Waals surface area contributed by atoms with Crippen LogP contribution in [0.3, 0.4) is 0 Å². The van der Waals surface area contributed by atoms with E-state index in [0.717, 1.165) is 87.3 Å². The second-order valence-corrected chi connectivity index (χ2v) is 14.8. The highest BCUT2D eigenvalue weighted by atomic mass is 35.5. The molecule has 1 spiro atoms. The molecule has 1 aromatic carbocycles. The Bertz CT molecular complexity index is 1880. The van der Waals surface area contributed by atoms with Crippen LogP contribution in [0.4, 0.5) is 10.2 Å². The van der Waals surface area contributed by atoms with Crippen molar-refractivity contribution in [2.45, 2.75) is 95.2 Å². The Morgan fingerprint density at radius 1 is 1.06 bits per heavy atom. The topological polar surface area (TPSA) is 101 Å². The molecule has 0 bridgehead atoms.